The lowest BCUT2D eigenvalue weighted by Crippen LogP contribution is -2.07. The number of hydrogen-bond donors (Lipinski definition) is 2. The van der Waals surface area contributed by atoms with Crippen LogP contribution in [0.2, 0.25) is 0 Å². The van der Waals surface area contributed by atoms with Gasteiger partial charge in [-0.15, -0.1) is 0 Å². The lowest BCUT2D eigenvalue weighted by molar-refractivity contribution is 0.0660. The predicted molar refractivity (Wildman–Crippen MR) is 71.8 cm³/mol. The zero-order chi connectivity index (χ0) is 14.9. The van der Waals surface area contributed by atoms with Gasteiger partial charge in [0.15, 0.2) is 0 Å². The molecule has 0 fully saturated rings. The van der Waals surface area contributed by atoms with Crippen LogP contribution >= 0.6 is 15.9 Å². The Morgan fingerprint density at radius 1 is 1.35 bits per heavy atom. The first-order chi connectivity index (χ1) is 9.38. The molecule has 1 unspecified atom stereocenters. The van der Waals surface area contributed by atoms with Crippen LogP contribution in [0.3, 0.4) is 0 Å². The third kappa shape index (κ3) is 2.98. The standard InChI is InChI=1S/C13H10BrF2NO3/c1-6(11-2-3-12(20-11)13(18)19)17-10-5-8(15)7(14)4-9(10)16/h2-6,17H,1H3,(H,18,19). The molecule has 1 aromatic heterocycles. The molecule has 4 nitrogen and oxygen atoms in total. The summed E-state index contributed by atoms with van der Waals surface area (Å²) in [5.41, 5.74) is -0.0357. The molecule has 0 aliphatic carbocycles. The normalized spacial score (nSPS) is 12.2. The van der Waals surface area contributed by atoms with Gasteiger partial charge in [-0.25, -0.2) is 13.6 Å². The molecule has 1 atom stereocenters. The van der Waals surface area contributed by atoms with Crippen molar-refractivity contribution in [1.82, 2.24) is 0 Å². The molecule has 0 spiro atoms. The minimum absolute atomic E-state index is 0.0272. The van der Waals surface area contributed by atoms with Crippen LogP contribution < -0.4 is 5.32 Å². The molecule has 20 heavy (non-hydrogen) atoms. The van der Waals surface area contributed by atoms with Gasteiger partial charge in [0, 0.05) is 6.07 Å². The summed E-state index contributed by atoms with van der Waals surface area (Å²) in [6.07, 6.45) is 0. The molecule has 0 saturated carbocycles. The van der Waals surface area contributed by atoms with Crippen molar-refractivity contribution in [1.29, 1.82) is 0 Å². The van der Waals surface area contributed by atoms with Gasteiger partial charge in [-0.05, 0) is 41.1 Å². The second kappa shape index (κ2) is 5.62. The van der Waals surface area contributed by atoms with Crippen molar-refractivity contribution < 1.29 is 23.1 Å². The third-order valence-electron chi connectivity index (χ3n) is 2.65. The summed E-state index contributed by atoms with van der Waals surface area (Å²) in [6.45, 7) is 1.64. The molecule has 0 bridgehead atoms. The SMILES string of the molecule is CC(Nc1cc(F)c(Br)cc1F)c1ccc(C(=O)O)o1. The summed E-state index contributed by atoms with van der Waals surface area (Å²) in [4.78, 5) is 10.7. The van der Waals surface area contributed by atoms with Crippen LogP contribution in [-0.2, 0) is 0 Å². The molecule has 1 heterocycles. The van der Waals surface area contributed by atoms with E-state index in [-0.39, 0.29) is 15.9 Å². The van der Waals surface area contributed by atoms with Crippen molar-refractivity contribution in [2.24, 2.45) is 0 Å². The van der Waals surface area contributed by atoms with Crippen molar-refractivity contribution >= 4 is 27.6 Å². The first-order valence-electron chi connectivity index (χ1n) is 5.62. The van der Waals surface area contributed by atoms with E-state index < -0.39 is 23.6 Å². The van der Waals surface area contributed by atoms with E-state index >= 15 is 0 Å². The van der Waals surface area contributed by atoms with Crippen molar-refractivity contribution in [3.8, 4) is 0 Å². The van der Waals surface area contributed by atoms with Gasteiger partial charge in [0.2, 0.25) is 5.76 Å². The van der Waals surface area contributed by atoms with Gasteiger partial charge in [-0.1, -0.05) is 0 Å². The van der Waals surface area contributed by atoms with Crippen molar-refractivity contribution in [3.05, 3.63) is 51.9 Å². The maximum atomic E-state index is 13.7. The molecular formula is C13H10BrF2NO3. The number of carboxylic acids is 1. The molecule has 0 amide bonds. The first kappa shape index (κ1) is 14.5. The minimum atomic E-state index is -1.19. The minimum Gasteiger partial charge on any atom is -0.475 e. The van der Waals surface area contributed by atoms with E-state index in [1.165, 1.54) is 12.1 Å². The number of rotatable bonds is 4. The smallest absolute Gasteiger partial charge is 0.371 e. The maximum absolute atomic E-state index is 13.7. The van der Waals surface area contributed by atoms with Crippen molar-refractivity contribution in [3.63, 3.8) is 0 Å². The highest BCUT2D eigenvalue weighted by Gasteiger charge is 2.16. The van der Waals surface area contributed by atoms with Gasteiger partial charge in [0.25, 0.3) is 0 Å². The molecule has 2 aromatic rings. The zero-order valence-electron chi connectivity index (χ0n) is 10.3. The summed E-state index contributed by atoms with van der Waals surface area (Å²) in [5, 5.41) is 11.5. The highest BCUT2D eigenvalue weighted by Crippen LogP contribution is 2.27. The highest BCUT2D eigenvalue weighted by molar-refractivity contribution is 9.10. The van der Waals surface area contributed by atoms with Gasteiger partial charge in [0.1, 0.15) is 17.4 Å². The fourth-order valence-corrected chi connectivity index (χ4v) is 1.95. The molecular weight excluding hydrogens is 336 g/mol. The second-order valence-electron chi connectivity index (χ2n) is 4.12. The second-order valence-corrected chi connectivity index (χ2v) is 4.97. The van der Waals surface area contributed by atoms with Gasteiger partial charge in [-0.3, -0.25) is 0 Å². The first-order valence-corrected chi connectivity index (χ1v) is 6.42. The van der Waals surface area contributed by atoms with E-state index in [2.05, 4.69) is 21.2 Å². The number of nitrogens with one attached hydrogen (secondary N) is 1. The number of hydrogen-bond acceptors (Lipinski definition) is 3. The van der Waals surface area contributed by atoms with Crippen LogP contribution in [-0.4, -0.2) is 11.1 Å². The van der Waals surface area contributed by atoms with Gasteiger partial charge in [-0.2, -0.15) is 0 Å². The number of carbonyl (C=O) groups is 1. The molecule has 0 radical (unpaired) electrons. The molecule has 0 aliphatic heterocycles. The lowest BCUT2D eigenvalue weighted by Gasteiger charge is -2.14. The molecule has 1 aromatic carbocycles. The van der Waals surface area contributed by atoms with E-state index in [1.807, 2.05) is 0 Å². The fraction of sp³-hybridized carbons (Fsp3) is 0.154. The molecule has 0 aliphatic rings. The van der Waals surface area contributed by atoms with E-state index in [9.17, 15) is 13.6 Å². The van der Waals surface area contributed by atoms with Gasteiger partial charge >= 0.3 is 5.97 Å². The predicted octanol–water partition coefficient (Wildman–Crippen LogP) is 4.19. The summed E-state index contributed by atoms with van der Waals surface area (Å²) in [6, 6.07) is 4.27. The fourth-order valence-electron chi connectivity index (χ4n) is 1.64. The average molecular weight is 346 g/mol. The van der Waals surface area contributed by atoms with Crippen LogP contribution in [0.4, 0.5) is 14.5 Å². The number of carboxylic acid groups (broad SMARTS) is 1. The number of furan rings is 1. The Hall–Kier alpha value is -1.89. The van der Waals surface area contributed by atoms with Crippen LogP contribution in [0.15, 0.2) is 33.2 Å². The van der Waals surface area contributed by atoms with Crippen LogP contribution in [0, 0.1) is 11.6 Å². The molecule has 2 N–H and O–H groups in total. The average Bonchev–Trinajstić information content (AvgIpc) is 2.85. The van der Waals surface area contributed by atoms with E-state index in [0.717, 1.165) is 12.1 Å². The highest BCUT2D eigenvalue weighted by atomic mass is 79.9. The quantitative estimate of drug-likeness (QED) is 0.815. The van der Waals surface area contributed by atoms with Crippen LogP contribution in [0.25, 0.3) is 0 Å². The molecule has 2 rings (SSSR count). The Morgan fingerprint density at radius 3 is 2.65 bits per heavy atom. The summed E-state index contributed by atoms with van der Waals surface area (Å²) in [7, 11) is 0. The van der Waals surface area contributed by atoms with Crippen LogP contribution in [0.1, 0.15) is 29.3 Å². The Kier molecular flexibility index (Phi) is 4.08. The largest absolute Gasteiger partial charge is 0.475 e. The van der Waals surface area contributed by atoms with E-state index in [0.29, 0.717) is 5.76 Å². The molecule has 106 valence electrons. The molecule has 7 heteroatoms. The summed E-state index contributed by atoms with van der Waals surface area (Å²) >= 11 is 2.88. The lowest BCUT2D eigenvalue weighted by atomic mass is 10.2. The van der Waals surface area contributed by atoms with E-state index in [4.69, 9.17) is 9.52 Å². The van der Waals surface area contributed by atoms with Gasteiger partial charge in [0.05, 0.1) is 16.2 Å². The Bertz CT molecular complexity index is 657. The monoisotopic (exact) mass is 345 g/mol. The van der Waals surface area contributed by atoms with Crippen molar-refractivity contribution in [2.75, 3.05) is 5.32 Å². The summed E-state index contributed by atoms with van der Waals surface area (Å²) in [5.74, 6) is -2.33. The van der Waals surface area contributed by atoms with Gasteiger partial charge < -0.3 is 14.8 Å². The number of benzene rings is 1. The number of anilines is 1. The maximum Gasteiger partial charge on any atom is 0.371 e. The Morgan fingerprint density at radius 2 is 2.05 bits per heavy atom. The topological polar surface area (TPSA) is 62.5 Å². The molecule has 0 saturated heterocycles. The zero-order valence-corrected chi connectivity index (χ0v) is 11.9. The van der Waals surface area contributed by atoms with Crippen LogP contribution in [0.5, 0.6) is 0 Å². The van der Waals surface area contributed by atoms with E-state index in [1.54, 1.807) is 6.92 Å². The Labute approximate surface area is 121 Å². The number of halogens is 3. The Balaban J connectivity index is 2.20. The third-order valence-corrected chi connectivity index (χ3v) is 3.25. The number of aromatic carboxylic acids is 1. The van der Waals surface area contributed by atoms with Crippen molar-refractivity contribution in [2.45, 2.75) is 13.0 Å². The summed E-state index contributed by atoms with van der Waals surface area (Å²) < 4.78 is 32.1.